The Morgan fingerprint density at radius 1 is 1.25 bits per heavy atom. The van der Waals surface area contributed by atoms with Crippen molar-refractivity contribution in [2.45, 2.75) is 39.7 Å². The Kier molecular flexibility index (Phi) is 5.20. The third-order valence-corrected chi connectivity index (χ3v) is 2.51. The molecule has 1 atom stereocenters. The summed E-state index contributed by atoms with van der Waals surface area (Å²) >= 11 is 0. The number of rotatable bonds is 6. The summed E-state index contributed by atoms with van der Waals surface area (Å²) in [4.78, 5) is 11.8. The molecule has 1 aromatic rings. The lowest BCUT2D eigenvalue weighted by Gasteiger charge is -2.16. The van der Waals surface area contributed by atoms with E-state index in [1.54, 1.807) is 0 Å². The fraction of sp³-hybridized carbons (Fsp3) is 0.500. The average molecular weight is 220 g/mol. The zero-order chi connectivity index (χ0) is 12.0. The van der Waals surface area contributed by atoms with Crippen LogP contribution < -0.4 is 0 Å². The SMILES string of the molecule is CCCOC(C(=O)CC)c1ccc(C)cc1. The van der Waals surface area contributed by atoms with Gasteiger partial charge in [-0.3, -0.25) is 4.79 Å². The van der Waals surface area contributed by atoms with Gasteiger partial charge in [-0.2, -0.15) is 0 Å². The van der Waals surface area contributed by atoms with E-state index >= 15 is 0 Å². The van der Waals surface area contributed by atoms with Crippen LogP contribution in [0, 0.1) is 6.92 Å². The lowest BCUT2D eigenvalue weighted by molar-refractivity contribution is -0.130. The molecule has 0 bridgehead atoms. The zero-order valence-electron chi connectivity index (χ0n) is 10.3. The van der Waals surface area contributed by atoms with E-state index in [2.05, 4.69) is 0 Å². The lowest BCUT2D eigenvalue weighted by atomic mass is 10.0. The molecule has 0 spiro atoms. The van der Waals surface area contributed by atoms with E-state index in [1.165, 1.54) is 5.56 Å². The molecule has 1 rings (SSSR count). The van der Waals surface area contributed by atoms with Crippen molar-refractivity contribution >= 4 is 5.78 Å². The minimum atomic E-state index is -0.384. The van der Waals surface area contributed by atoms with E-state index in [4.69, 9.17) is 4.74 Å². The highest BCUT2D eigenvalue weighted by Gasteiger charge is 2.18. The van der Waals surface area contributed by atoms with Gasteiger partial charge in [0.15, 0.2) is 5.78 Å². The van der Waals surface area contributed by atoms with E-state index < -0.39 is 0 Å². The number of carbonyl (C=O) groups excluding carboxylic acids is 1. The summed E-state index contributed by atoms with van der Waals surface area (Å²) in [5.74, 6) is 0.150. The van der Waals surface area contributed by atoms with Gasteiger partial charge in [0.25, 0.3) is 0 Å². The third-order valence-electron chi connectivity index (χ3n) is 2.51. The molecule has 0 aliphatic heterocycles. The van der Waals surface area contributed by atoms with Crippen molar-refractivity contribution in [3.8, 4) is 0 Å². The van der Waals surface area contributed by atoms with E-state index in [0.717, 1.165) is 12.0 Å². The largest absolute Gasteiger partial charge is 0.366 e. The minimum absolute atomic E-state index is 0.150. The number of carbonyl (C=O) groups is 1. The molecule has 2 nitrogen and oxygen atoms in total. The van der Waals surface area contributed by atoms with Gasteiger partial charge in [0.2, 0.25) is 0 Å². The number of aryl methyl sites for hydroxylation is 1. The van der Waals surface area contributed by atoms with Gasteiger partial charge in [0.05, 0.1) is 0 Å². The predicted molar refractivity (Wildman–Crippen MR) is 65.5 cm³/mol. The molecular formula is C14H20O2. The first-order chi connectivity index (χ1) is 7.69. The van der Waals surface area contributed by atoms with Crippen LogP contribution >= 0.6 is 0 Å². The number of ketones is 1. The molecule has 0 aromatic heterocycles. The van der Waals surface area contributed by atoms with E-state index in [0.29, 0.717) is 13.0 Å². The van der Waals surface area contributed by atoms with Crippen LogP contribution in [-0.4, -0.2) is 12.4 Å². The van der Waals surface area contributed by atoms with Gasteiger partial charge in [0.1, 0.15) is 6.10 Å². The standard InChI is InChI=1S/C14H20O2/c1-4-10-16-14(13(15)5-2)12-8-6-11(3)7-9-12/h6-9,14H,4-5,10H2,1-3H3. The maximum atomic E-state index is 11.8. The molecule has 0 saturated heterocycles. The first kappa shape index (κ1) is 12.9. The fourth-order valence-electron chi connectivity index (χ4n) is 1.54. The monoisotopic (exact) mass is 220 g/mol. The minimum Gasteiger partial charge on any atom is -0.366 e. The maximum absolute atomic E-state index is 11.8. The predicted octanol–water partition coefficient (Wildman–Crippen LogP) is 3.44. The van der Waals surface area contributed by atoms with Crippen LogP contribution in [0.5, 0.6) is 0 Å². The summed E-state index contributed by atoms with van der Waals surface area (Å²) < 4.78 is 5.62. The Hall–Kier alpha value is -1.15. The number of ether oxygens (including phenoxy) is 1. The van der Waals surface area contributed by atoms with Crippen LogP contribution in [-0.2, 0) is 9.53 Å². The van der Waals surface area contributed by atoms with Crippen LogP contribution in [0.25, 0.3) is 0 Å². The molecule has 2 heteroatoms. The van der Waals surface area contributed by atoms with Crippen molar-refractivity contribution in [1.29, 1.82) is 0 Å². The molecule has 88 valence electrons. The van der Waals surface area contributed by atoms with Gasteiger partial charge >= 0.3 is 0 Å². The quantitative estimate of drug-likeness (QED) is 0.734. The summed E-state index contributed by atoms with van der Waals surface area (Å²) in [6.45, 7) is 6.58. The van der Waals surface area contributed by atoms with Gasteiger partial charge in [-0.1, -0.05) is 43.7 Å². The molecule has 0 N–H and O–H groups in total. The molecule has 0 aliphatic carbocycles. The summed E-state index contributed by atoms with van der Waals surface area (Å²) in [7, 11) is 0. The van der Waals surface area contributed by atoms with Crippen molar-refractivity contribution in [2.24, 2.45) is 0 Å². The zero-order valence-corrected chi connectivity index (χ0v) is 10.3. The summed E-state index contributed by atoms with van der Waals surface area (Å²) in [5, 5.41) is 0. The van der Waals surface area contributed by atoms with Crippen molar-refractivity contribution in [2.75, 3.05) is 6.61 Å². The van der Waals surface area contributed by atoms with Gasteiger partial charge < -0.3 is 4.74 Å². The van der Waals surface area contributed by atoms with Crippen LogP contribution in [0.1, 0.15) is 43.9 Å². The molecule has 0 aliphatic rings. The molecule has 0 saturated carbocycles. The maximum Gasteiger partial charge on any atom is 0.165 e. The molecule has 1 unspecified atom stereocenters. The Balaban J connectivity index is 2.82. The second-order valence-corrected chi connectivity index (χ2v) is 3.98. The van der Waals surface area contributed by atoms with E-state index in [-0.39, 0.29) is 11.9 Å². The average Bonchev–Trinajstić information content (AvgIpc) is 2.31. The smallest absolute Gasteiger partial charge is 0.165 e. The highest BCUT2D eigenvalue weighted by molar-refractivity contribution is 5.84. The number of Topliss-reactive ketones (excluding diaryl/α,β-unsaturated/α-hetero) is 1. The van der Waals surface area contributed by atoms with Gasteiger partial charge in [-0.15, -0.1) is 0 Å². The molecule has 16 heavy (non-hydrogen) atoms. The van der Waals surface area contributed by atoms with E-state index in [9.17, 15) is 4.79 Å². The molecule has 0 heterocycles. The van der Waals surface area contributed by atoms with Crippen LogP contribution in [0.15, 0.2) is 24.3 Å². The van der Waals surface area contributed by atoms with Crippen molar-refractivity contribution in [3.63, 3.8) is 0 Å². The fourth-order valence-corrected chi connectivity index (χ4v) is 1.54. The second-order valence-electron chi connectivity index (χ2n) is 3.98. The number of hydrogen-bond donors (Lipinski definition) is 0. The third kappa shape index (κ3) is 3.46. The molecule has 0 amide bonds. The molecule has 0 fully saturated rings. The lowest BCUT2D eigenvalue weighted by Crippen LogP contribution is -2.15. The highest BCUT2D eigenvalue weighted by atomic mass is 16.5. The Morgan fingerprint density at radius 2 is 1.88 bits per heavy atom. The van der Waals surface area contributed by atoms with Crippen LogP contribution in [0.3, 0.4) is 0 Å². The highest BCUT2D eigenvalue weighted by Crippen LogP contribution is 2.20. The molecular weight excluding hydrogens is 200 g/mol. The first-order valence-electron chi connectivity index (χ1n) is 5.89. The summed E-state index contributed by atoms with van der Waals surface area (Å²) in [6, 6.07) is 7.98. The van der Waals surface area contributed by atoms with E-state index in [1.807, 2.05) is 45.0 Å². The molecule has 0 radical (unpaired) electrons. The van der Waals surface area contributed by atoms with Crippen molar-refractivity contribution in [3.05, 3.63) is 35.4 Å². The Morgan fingerprint density at radius 3 is 2.38 bits per heavy atom. The van der Waals surface area contributed by atoms with Crippen LogP contribution in [0.4, 0.5) is 0 Å². The number of benzene rings is 1. The molecule has 1 aromatic carbocycles. The second kappa shape index (κ2) is 6.44. The Bertz CT molecular complexity index is 327. The summed E-state index contributed by atoms with van der Waals surface area (Å²) in [6.07, 6.45) is 1.06. The summed E-state index contributed by atoms with van der Waals surface area (Å²) in [5.41, 5.74) is 2.16. The number of hydrogen-bond acceptors (Lipinski definition) is 2. The van der Waals surface area contributed by atoms with Gasteiger partial charge in [-0.25, -0.2) is 0 Å². The first-order valence-corrected chi connectivity index (χ1v) is 5.89. The van der Waals surface area contributed by atoms with Crippen molar-refractivity contribution < 1.29 is 9.53 Å². The Labute approximate surface area is 97.6 Å². The van der Waals surface area contributed by atoms with Crippen molar-refractivity contribution in [1.82, 2.24) is 0 Å². The van der Waals surface area contributed by atoms with Gasteiger partial charge in [-0.05, 0) is 18.9 Å². The van der Waals surface area contributed by atoms with Gasteiger partial charge in [0, 0.05) is 13.0 Å². The topological polar surface area (TPSA) is 26.3 Å². The van der Waals surface area contributed by atoms with Crippen LogP contribution in [0.2, 0.25) is 0 Å². The normalized spacial score (nSPS) is 12.4.